The van der Waals surface area contributed by atoms with E-state index in [0.29, 0.717) is 31.3 Å². The van der Waals surface area contributed by atoms with Gasteiger partial charge in [-0.3, -0.25) is 9.59 Å². The summed E-state index contributed by atoms with van der Waals surface area (Å²) in [5.74, 6) is 1.05. The summed E-state index contributed by atoms with van der Waals surface area (Å²) in [4.78, 5) is 31.3. The maximum absolute atomic E-state index is 12.9. The third kappa shape index (κ3) is 4.36. The maximum Gasteiger partial charge on any atom is 0.293 e. The van der Waals surface area contributed by atoms with E-state index in [1.807, 2.05) is 0 Å². The number of rotatable bonds is 7. The highest BCUT2D eigenvalue weighted by Crippen LogP contribution is 2.30. The molecule has 3 heterocycles. The highest BCUT2D eigenvalue weighted by Gasteiger charge is 2.32. The third-order valence-corrected chi connectivity index (χ3v) is 4.63. The summed E-state index contributed by atoms with van der Waals surface area (Å²) < 4.78 is 16.8. The van der Waals surface area contributed by atoms with Crippen LogP contribution in [0.25, 0.3) is 0 Å². The molecule has 0 spiro atoms. The summed E-state index contributed by atoms with van der Waals surface area (Å²) in [6.07, 6.45) is 4.77. The van der Waals surface area contributed by atoms with Crippen LogP contribution in [0.2, 0.25) is 0 Å². The second kappa shape index (κ2) is 8.81. The van der Waals surface area contributed by atoms with Crippen LogP contribution in [-0.4, -0.2) is 52.9 Å². The van der Waals surface area contributed by atoms with Crippen LogP contribution in [0.4, 0.5) is 0 Å². The van der Waals surface area contributed by atoms with Crippen molar-refractivity contribution in [2.45, 2.75) is 38.3 Å². The minimum Gasteiger partial charge on any atom is -0.491 e. The Kier molecular flexibility index (Phi) is 6.23. The molecule has 0 bridgehead atoms. The SMILES string of the molecule is COCCc1noc([C@H]2CCCCN2C(=O)Cn2cccc(OC)c2=O)n1. The third-order valence-electron chi connectivity index (χ3n) is 4.63. The molecular weight excluding hydrogens is 352 g/mol. The lowest BCUT2D eigenvalue weighted by molar-refractivity contribution is -0.136. The van der Waals surface area contributed by atoms with Crippen LogP contribution in [0.3, 0.4) is 0 Å². The molecular formula is C18H24N4O5. The van der Waals surface area contributed by atoms with Crippen LogP contribution in [0.5, 0.6) is 5.75 Å². The van der Waals surface area contributed by atoms with Gasteiger partial charge in [-0.1, -0.05) is 5.16 Å². The quantitative estimate of drug-likeness (QED) is 0.715. The van der Waals surface area contributed by atoms with E-state index in [4.69, 9.17) is 14.0 Å². The van der Waals surface area contributed by atoms with Gasteiger partial charge in [0, 0.05) is 26.3 Å². The van der Waals surface area contributed by atoms with Gasteiger partial charge in [0.2, 0.25) is 11.8 Å². The molecule has 1 saturated heterocycles. The van der Waals surface area contributed by atoms with Crippen molar-refractivity contribution in [1.29, 1.82) is 0 Å². The van der Waals surface area contributed by atoms with Crippen LogP contribution in [-0.2, 0) is 22.5 Å². The number of amides is 1. The number of nitrogens with zero attached hydrogens (tertiary/aromatic N) is 4. The predicted molar refractivity (Wildman–Crippen MR) is 95.4 cm³/mol. The van der Waals surface area contributed by atoms with Gasteiger partial charge in [-0.2, -0.15) is 4.98 Å². The predicted octanol–water partition coefficient (Wildman–Crippen LogP) is 1.18. The van der Waals surface area contributed by atoms with Gasteiger partial charge in [0.25, 0.3) is 5.56 Å². The number of carbonyl (C=O) groups is 1. The molecule has 3 rings (SSSR count). The number of hydrogen-bond acceptors (Lipinski definition) is 7. The summed E-state index contributed by atoms with van der Waals surface area (Å²) in [6.45, 7) is 1.04. The van der Waals surface area contributed by atoms with Gasteiger partial charge in [-0.05, 0) is 31.4 Å². The van der Waals surface area contributed by atoms with Crippen molar-refractivity contribution in [1.82, 2.24) is 19.6 Å². The average molecular weight is 376 g/mol. The van der Waals surface area contributed by atoms with Gasteiger partial charge in [0.05, 0.1) is 13.7 Å². The molecule has 9 nitrogen and oxygen atoms in total. The standard InChI is InChI=1S/C18H24N4O5/c1-25-11-8-15-19-17(27-20-15)13-6-3-4-10-22(13)16(23)12-21-9-5-7-14(26-2)18(21)24/h5,7,9,13H,3-4,6,8,10-12H2,1-2H3/t13-/m1/s1. The normalized spacial score (nSPS) is 17.1. The van der Waals surface area contributed by atoms with Crippen molar-refractivity contribution in [2.24, 2.45) is 0 Å². The fourth-order valence-electron chi connectivity index (χ4n) is 3.22. The van der Waals surface area contributed by atoms with E-state index in [2.05, 4.69) is 10.1 Å². The average Bonchev–Trinajstić information content (AvgIpc) is 3.16. The van der Waals surface area contributed by atoms with E-state index in [1.165, 1.54) is 11.7 Å². The number of methoxy groups -OCH3 is 2. The Morgan fingerprint density at radius 3 is 3.00 bits per heavy atom. The Hall–Kier alpha value is -2.68. The largest absolute Gasteiger partial charge is 0.491 e. The molecule has 0 aliphatic carbocycles. The van der Waals surface area contributed by atoms with Crippen LogP contribution in [0.15, 0.2) is 27.6 Å². The summed E-state index contributed by atoms with van der Waals surface area (Å²) >= 11 is 0. The van der Waals surface area contributed by atoms with Gasteiger partial charge in [-0.15, -0.1) is 0 Å². The summed E-state index contributed by atoms with van der Waals surface area (Å²) in [7, 11) is 3.04. The van der Waals surface area contributed by atoms with Crippen molar-refractivity contribution < 1.29 is 18.8 Å². The number of pyridine rings is 1. The molecule has 0 aromatic carbocycles. The number of carbonyl (C=O) groups excluding carboxylic acids is 1. The first-order valence-corrected chi connectivity index (χ1v) is 8.98. The first kappa shape index (κ1) is 19.1. The van der Waals surface area contributed by atoms with Crippen molar-refractivity contribution in [2.75, 3.05) is 27.4 Å². The fourth-order valence-corrected chi connectivity index (χ4v) is 3.22. The van der Waals surface area contributed by atoms with Gasteiger partial charge in [0.15, 0.2) is 11.6 Å². The Morgan fingerprint density at radius 1 is 1.37 bits per heavy atom. The maximum atomic E-state index is 12.9. The first-order valence-electron chi connectivity index (χ1n) is 8.98. The second-order valence-corrected chi connectivity index (χ2v) is 6.40. The van der Waals surface area contributed by atoms with Gasteiger partial charge in [0.1, 0.15) is 12.6 Å². The highest BCUT2D eigenvalue weighted by molar-refractivity contribution is 5.76. The summed E-state index contributed by atoms with van der Waals surface area (Å²) in [5.41, 5.74) is -0.332. The van der Waals surface area contributed by atoms with Crippen LogP contribution >= 0.6 is 0 Å². The zero-order valence-corrected chi connectivity index (χ0v) is 15.6. The molecule has 1 atom stereocenters. The number of likely N-dealkylation sites (tertiary alicyclic amines) is 1. The minimum absolute atomic E-state index is 0.0583. The Balaban J connectivity index is 1.76. The van der Waals surface area contributed by atoms with Gasteiger partial charge in [-0.25, -0.2) is 0 Å². The number of hydrogen-bond donors (Lipinski definition) is 0. The smallest absolute Gasteiger partial charge is 0.293 e. The van der Waals surface area contributed by atoms with Crippen molar-refractivity contribution >= 4 is 5.91 Å². The molecule has 2 aromatic heterocycles. The zero-order chi connectivity index (χ0) is 19.2. The Labute approximate surface area is 156 Å². The van der Waals surface area contributed by atoms with E-state index >= 15 is 0 Å². The molecule has 0 unspecified atom stereocenters. The van der Waals surface area contributed by atoms with Crippen molar-refractivity contribution in [3.05, 3.63) is 40.4 Å². The summed E-state index contributed by atoms with van der Waals surface area (Å²) in [5, 5.41) is 3.97. The molecule has 1 amide bonds. The molecule has 2 aromatic rings. The molecule has 1 aliphatic heterocycles. The van der Waals surface area contributed by atoms with E-state index in [0.717, 1.165) is 19.3 Å². The molecule has 0 saturated carbocycles. The number of ether oxygens (including phenoxy) is 2. The molecule has 146 valence electrons. The minimum atomic E-state index is -0.332. The molecule has 1 fully saturated rings. The molecule has 0 radical (unpaired) electrons. The molecule has 27 heavy (non-hydrogen) atoms. The van der Waals surface area contributed by atoms with E-state index in [9.17, 15) is 9.59 Å². The zero-order valence-electron chi connectivity index (χ0n) is 15.6. The fraction of sp³-hybridized carbons (Fsp3) is 0.556. The lowest BCUT2D eigenvalue weighted by atomic mass is 10.0. The monoisotopic (exact) mass is 376 g/mol. The van der Waals surface area contributed by atoms with E-state index < -0.39 is 0 Å². The molecule has 1 aliphatic rings. The lowest BCUT2D eigenvalue weighted by Crippen LogP contribution is -2.41. The second-order valence-electron chi connectivity index (χ2n) is 6.40. The molecule has 0 N–H and O–H groups in total. The van der Waals surface area contributed by atoms with E-state index in [-0.39, 0.29) is 29.8 Å². The van der Waals surface area contributed by atoms with Gasteiger partial charge < -0.3 is 23.5 Å². The lowest BCUT2D eigenvalue weighted by Gasteiger charge is -2.33. The van der Waals surface area contributed by atoms with Gasteiger partial charge >= 0.3 is 0 Å². The van der Waals surface area contributed by atoms with Crippen molar-refractivity contribution in [3.63, 3.8) is 0 Å². The Morgan fingerprint density at radius 2 is 2.22 bits per heavy atom. The van der Waals surface area contributed by atoms with Crippen LogP contribution in [0, 0.1) is 0 Å². The van der Waals surface area contributed by atoms with Crippen molar-refractivity contribution in [3.8, 4) is 5.75 Å². The highest BCUT2D eigenvalue weighted by atomic mass is 16.5. The Bertz CT molecular complexity index is 831. The molecule has 9 heteroatoms. The number of aromatic nitrogens is 3. The van der Waals surface area contributed by atoms with Crippen LogP contribution < -0.4 is 10.3 Å². The first-order chi connectivity index (χ1) is 13.1. The van der Waals surface area contributed by atoms with Crippen LogP contribution in [0.1, 0.15) is 37.0 Å². The topological polar surface area (TPSA) is 99.7 Å². The number of piperidine rings is 1. The van der Waals surface area contributed by atoms with E-state index in [1.54, 1.807) is 30.3 Å². The summed E-state index contributed by atoms with van der Waals surface area (Å²) in [6, 6.07) is 2.99.